The molecule has 0 radical (unpaired) electrons. The van der Waals surface area contributed by atoms with E-state index in [1.54, 1.807) is 18.2 Å². The van der Waals surface area contributed by atoms with E-state index in [2.05, 4.69) is 4.90 Å². The molecule has 0 bridgehead atoms. The summed E-state index contributed by atoms with van der Waals surface area (Å²) >= 11 is 5.84. The number of hydrogen-bond acceptors (Lipinski definition) is 2. The molecular formula is C17H17ClFNO. The molecule has 3 rings (SSSR count). The van der Waals surface area contributed by atoms with Crippen molar-refractivity contribution < 1.29 is 9.50 Å². The van der Waals surface area contributed by atoms with Gasteiger partial charge in [0.25, 0.3) is 0 Å². The fraction of sp³-hybridized carbons (Fsp3) is 0.294. The van der Waals surface area contributed by atoms with E-state index in [9.17, 15) is 9.50 Å². The van der Waals surface area contributed by atoms with E-state index in [0.29, 0.717) is 18.0 Å². The zero-order valence-corrected chi connectivity index (χ0v) is 12.4. The number of rotatable bonds is 4. The highest BCUT2D eigenvalue weighted by Gasteiger charge is 2.20. The number of hydrogen-bond donors (Lipinski definition) is 1. The predicted octanol–water partition coefficient (Wildman–Crippen LogP) is 3.97. The highest BCUT2D eigenvalue weighted by molar-refractivity contribution is 6.30. The lowest BCUT2D eigenvalue weighted by molar-refractivity contribution is 0.169. The van der Waals surface area contributed by atoms with Crippen LogP contribution in [0.2, 0.25) is 5.02 Å². The van der Waals surface area contributed by atoms with Gasteiger partial charge in [0.1, 0.15) is 5.82 Å². The lowest BCUT2D eigenvalue weighted by atomic mass is 10.1. The zero-order chi connectivity index (χ0) is 14.8. The van der Waals surface area contributed by atoms with E-state index in [1.165, 1.54) is 11.6 Å². The number of halogens is 2. The maximum absolute atomic E-state index is 13.3. The van der Waals surface area contributed by atoms with E-state index < -0.39 is 6.10 Å². The molecule has 0 aromatic heterocycles. The monoisotopic (exact) mass is 305 g/mol. The highest BCUT2D eigenvalue weighted by Crippen LogP contribution is 2.30. The minimum Gasteiger partial charge on any atom is -0.388 e. The Morgan fingerprint density at radius 2 is 1.95 bits per heavy atom. The Morgan fingerprint density at radius 3 is 2.71 bits per heavy atom. The summed E-state index contributed by atoms with van der Waals surface area (Å²) in [7, 11) is 0. The number of anilines is 1. The van der Waals surface area contributed by atoms with Gasteiger partial charge in [0.2, 0.25) is 0 Å². The van der Waals surface area contributed by atoms with Crippen molar-refractivity contribution in [2.45, 2.75) is 18.9 Å². The summed E-state index contributed by atoms with van der Waals surface area (Å²) < 4.78 is 13.3. The molecule has 2 aromatic carbocycles. The van der Waals surface area contributed by atoms with E-state index in [0.717, 1.165) is 24.2 Å². The first kappa shape index (κ1) is 14.4. The maximum atomic E-state index is 13.3. The molecule has 1 aliphatic rings. The van der Waals surface area contributed by atoms with Gasteiger partial charge < -0.3 is 10.0 Å². The fourth-order valence-corrected chi connectivity index (χ4v) is 2.91. The Kier molecular flexibility index (Phi) is 4.13. The molecule has 1 aliphatic heterocycles. The smallest absolute Gasteiger partial charge is 0.125 e. The molecule has 1 atom stereocenters. The van der Waals surface area contributed by atoms with Crippen LogP contribution in [0.5, 0.6) is 0 Å². The molecule has 0 amide bonds. The summed E-state index contributed by atoms with van der Waals surface area (Å²) in [4.78, 5) is 2.14. The number of aliphatic hydroxyl groups is 1. The van der Waals surface area contributed by atoms with Gasteiger partial charge in [-0.05, 0) is 48.2 Å². The third-order valence-electron chi connectivity index (χ3n) is 3.97. The summed E-state index contributed by atoms with van der Waals surface area (Å²) in [5, 5.41) is 10.9. The van der Waals surface area contributed by atoms with E-state index >= 15 is 0 Å². The third-order valence-corrected chi connectivity index (χ3v) is 4.22. The van der Waals surface area contributed by atoms with Crippen molar-refractivity contribution in [3.05, 3.63) is 64.4 Å². The molecule has 0 aliphatic carbocycles. The van der Waals surface area contributed by atoms with Crippen molar-refractivity contribution in [2.24, 2.45) is 0 Å². The molecule has 4 heteroatoms. The summed E-state index contributed by atoms with van der Waals surface area (Å²) in [6, 6.07) is 12.2. The van der Waals surface area contributed by atoms with Gasteiger partial charge in [0.15, 0.2) is 0 Å². The lowest BCUT2D eigenvalue weighted by Crippen LogP contribution is -2.23. The van der Waals surface area contributed by atoms with Crippen molar-refractivity contribution in [1.82, 2.24) is 0 Å². The molecular weight excluding hydrogens is 289 g/mol. The Labute approximate surface area is 128 Å². The molecule has 1 N–H and O–H groups in total. The second kappa shape index (κ2) is 6.04. The summed E-state index contributed by atoms with van der Waals surface area (Å²) in [6.07, 6.45) is 1.02. The average Bonchev–Trinajstić information content (AvgIpc) is 2.88. The summed E-state index contributed by atoms with van der Waals surface area (Å²) in [5.41, 5.74) is 2.99. The van der Waals surface area contributed by atoms with Crippen molar-refractivity contribution in [2.75, 3.05) is 18.0 Å². The molecule has 0 fully saturated rings. The Bertz CT molecular complexity index is 629. The van der Waals surface area contributed by atoms with Gasteiger partial charge in [-0.2, -0.15) is 0 Å². The summed E-state index contributed by atoms with van der Waals surface area (Å²) in [6.45, 7) is 1.59. The van der Waals surface area contributed by atoms with Crippen LogP contribution >= 0.6 is 11.6 Å². The molecule has 0 spiro atoms. The van der Waals surface area contributed by atoms with Gasteiger partial charge >= 0.3 is 0 Å². The average molecular weight is 306 g/mol. The quantitative estimate of drug-likeness (QED) is 0.924. The van der Waals surface area contributed by atoms with Gasteiger partial charge in [0, 0.05) is 23.8 Å². The third kappa shape index (κ3) is 3.20. The zero-order valence-electron chi connectivity index (χ0n) is 11.6. The van der Waals surface area contributed by atoms with Crippen LogP contribution in [0.1, 0.15) is 23.7 Å². The predicted molar refractivity (Wildman–Crippen MR) is 83.3 cm³/mol. The minimum absolute atomic E-state index is 0.209. The van der Waals surface area contributed by atoms with Crippen molar-refractivity contribution in [1.29, 1.82) is 0 Å². The summed E-state index contributed by atoms with van der Waals surface area (Å²) in [5.74, 6) is -0.209. The number of nitrogens with zero attached hydrogens (tertiary/aromatic N) is 1. The van der Waals surface area contributed by atoms with E-state index in [-0.39, 0.29) is 5.82 Å². The molecule has 21 heavy (non-hydrogen) atoms. The largest absolute Gasteiger partial charge is 0.388 e. The van der Waals surface area contributed by atoms with Crippen molar-refractivity contribution >= 4 is 17.3 Å². The van der Waals surface area contributed by atoms with Crippen LogP contribution in [-0.2, 0) is 6.42 Å². The van der Waals surface area contributed by atoms with Crippen LogP contribution < -0.4 is 4.90 Å². The lowest BCUT2D eigenvalue weighted by Gasteiger charge is -2.21. The van der Waals surface area contributed by atoms with Gasteiger partial charge in [0.05, 0.1) is 6.10 Å². The van der Waals surface area contributed by atoms with Gasteiger partial charge in [-0.3, -0.25) is 0 Å². The number of benzene rings is 2. The number of aliphatic hydroxyl groups excluding tert-OH is 1. The van der Waals surface area contributed by atoms with Gasteiger partial charge in [-0.1, -0.05) is 29.8 Å². The molecule has 0 saturated heterocycles. The van der Waals surface area contributed by atoms with Crippen molar-refractivity contribution in [3.63, 3.8) is 0 Å². The molecule has 2 nitrogen and oxygen atoms in total. The molecule has 2 aromatic rings. The SMILES string of the molecule is OC(CCN1CCc2ccc(F)cc21)c1ccc(Cl)cc1. The van der Waals surface area contributed by atoms with Gasteiger partial charge in [-0.15, -0.1) is 0 Å². The van der Waals surface area contributed by atoms with Crippen LogP contribution in [0.3, 0.4) is 0 Å². The standard InChI is InChI=1S/C17H17ClFNO/c18-14-4-1-13(2-5-14)17(21)8-10-20-9-7-12-3-6-15(19)11-16(12)20/h1-6,11,17,21H,7-10H2. The second-order valence-electron chi connectivity index (χ2n) is 5.37. The Morgan fingerprint density at radius 1 is 1.19 bits per heavy atom. The second-order valence-corrected chi connectivity index (χ2v) is 5.80. The molecule has 1 heterocycles. The van der Waals surface area contributed by atoms with Crippen LogP contribution in [0.15, 0.2) is 42.5 Å². The van der Waals surface area contributed by atoms with Crippen molar-refractivity contribution in [3.8, 4) is 0 Å². The minimum atomic E-state index is -0.528. The topological polar surface area (TPSA) is 23.5 Å². The Hall–Kier alpha value is -1.58. The molecule has 110 valence electrons. The molecule has 1 unspecified atom stereocenters. The van der Waals surface area contributed by atoms with Crippen LogP contribution in [-0.4, -0.2) is 18.2 Å². The number of fused-ring (bicyclic) bond motifs is 1. The highest BCUT2D eigenvalue weighted by atomic mass is 35.5. The van der Waals surface area contributed by atoms with E-state index in [4.69, 9.17) is 11.6 Å². The van der Waals surface area contributed by atoms with Crippen LogP contribution in [0.25, 0.3) is 0 Å². The maximum Gasteiger partial charge on any atom is 0.125 e. The first-order valence-electron chi connectivity index (χ1n) is 7.10. The Balaban J connectivity index is 1.64. The fourth-order valence-electron chi connectivity index (χ4n) is 2.78. The first-order chi connectivity index (χ1) is 10.1. The van der Waals surface area contributed by atoms with Gasteiger partial charge in [-0.25, -0.2) is 4.39 Å². The van der Waals surface area contributed by atoms with Crippen LogP contribution in [0, 0.1) is 5.82 Å². The van der Waals surface area contributed by atoms with E-state index in [1.807, 2.05) is 18.2 Å². The van der Waals surface area contributed by atoms with Crippen LogP contribution in [0.4, 0.5) is 10.1 Å². The first-order valence-corrected chi connectivity index (χ1v) is 7.48. The normalized spacial score (nSPS) is 15.1. The molecule has 0 saturated carbocycles.